The van der Waals surface area contributed by atoms with Gasteiger partial charge in [-0.3, -0.25) is 0 Å². The molecule has 1 heterocycles. The third-order valence-electron chi connectivity index (χ3n) is 1.37. The molecule has 2 nitrogen and oxygen atoms in total. The Balaban J connectivity index is 2.82. The predicted octanol–water partition coefficient (Wildman–Crippen LogP) is 2.10. The summed E-state index contributed by atoms with van der Waals surface area (Å²) >= 11 is 5.80. The average Bonchev–Trinajstić information content (AvgIpc) is 2.03. The van der Waals surface area contributed by atoms with E-state index in [-0.39, 0.29) is 6.04 Å². The Morgan fingerprint density at radius 2 is 2.42 bits per heavy atom. The second-order valence-corrected chi connectivity index (χ2v) is 2.96. The molecule has 0 aliphatic carbocycles. The van der Waals surface area contributed by atoms with Crippen LogP contribution in [0.5, 0.6) is 0 Å². The van der Waals surface area contributed by atoms with E-state index in [1.807, 2.05) is 31.2 Å². The first kappa shape index (κ1) is 9.23. The number of pyridine rings is 1. The summed E-state index contributed by atoms with van der Waals surface area (Å²) in [5.41, 5.74) is 6.44. The van der Waals surface area contributed by atoms with E-state index in [1.165, 1.54) is 0 Å². The Bertz CT molecular complexity index is 282. The van der Waals surface area contributed by atoms with Gasteiger partial charge in [0.25, 0.3) is 0 Å². The van der Waals surface area contributed by atoms with Crippen LogP contribution in [0.25, 0.3) is 6.08 Å². The fraction of sp³-hybridized carbons (Fsp3) is 0.222. The molecular weight excluding hydrogens is 172 g/mol. The lowest BCUT2D eigenvalue weighted by atomic mass is 10.2. The van der Waals surface area contributed by atoms with Crippen LogP contribution in [0.2, 0.25) is 5.15 Å². The Kier molecular flexibility index (Phi) is 3.26. The zero-order valence-corrected chi connectivity index (χ0v) is 7.62. The number of halogens is 1. The smallest absolute Gasteiger partial charge is 0.136 e. The van der Waals surface area contributed by atoms with Gasteiger partial charge in [-0.2, -0.15) is 0 Å². The van der Waals surface area contributed by atoms with E-state index < -0.39 is 0 Å². The molecule has 0 aromatic carbocycles. The lowest BCUT2D eigenvalue weighted by Crippen LogP contribution is -2.09. The van der Waals surface area contributed by atoms with Crippen molar-refractivity contribution in [1.82, 2.24) is 4.98 Å². The number of rotatable bonds is 2. The molecule has 1 rings (SSSR count). The fourth-order valence-electron chi connectivity index (χ4n) is 0.778. The number of hydrogen-bond donors (Lipinski definition) is 1. The van der Waals surface area contributed by atoms with Gasteiger partial charge in [0.1, 0.15) is 5.15 Å². The molecule has 1 unspecified atom stereocenters. The minimum Gasteiger partial charge on any atom is -0.325 e. The van der Waals surface area contributed by atoms with Gasteiger partial charge in [0, 0.05) is 17.8 Å². The maximum absolute atomic E-state index is 5.80. The summed E-state index contributed by atoms with van der Waals surface area (Å²) in [5, 5.41) is 0.509. The van der Waals surface area contributed by atoms with Crippen molar-refractivity contribution < 1.29 is 0 Å². The summed E-state index contributed by atoms with van der Waals surface area (Å²) < 4.78 is 0. The summed E-state index contributed by atoms with van der Waals surface area (Å²) in [7, 11) is 0. The molecule has 12 heavy (non-hydrogen) atoms. The van der Waals surface area contributed by atoms with Gasteiger partial charge in [-0.1, -0.05) is 29.8 Å². The second kappa shape index (κ2) is 4.24. The van der Waals surface area contributed by atoms with Crippen molar-refractivity contribution in [2.75, 3.05) is 0 Å². The Morgan fingerprint density at radius 3 is 3.00 bits per heavy atom. The predicted molar refractivity (Wildman–Crippen MR) is 51.9 cm³/mol. The van der Waals surface area contributed by atoms with Crippen LogP contribution in [0.1, 0.15) is 12.5 Å². The Hall–Kier alpha value is -0.860. The molecular formula is C9H11ClN2. The zero-order chi connectivity index (χ0) is 8.97. The number of nitrogens with two attached hydrogens (primary N) is 1. The standard InChI is InChI=1S/C9H11ClN2/c1-7(11)4-5-8-3-2-6-12-9(8)10/h2-7H,11H2,1H3/b5-4+. The Labute approximate surface area is 77.1 Å². The van der Waals surface area contributed by atoms with E-state index in [1.54, 1.807) is 6.20 Å². The summed E-state index contributed by atoms with van der Waals surface area (Å²) in [5.74, 6) is 0. The van der Waals surface area contributed by atoms with Crippen molar-refractivity contribution >= 4 is 17.7 Å². The molecule has 2 N–H and O–H groups in total. The number of aromatic nitrogens is 1. The maximum atomic E-state index is 5.80. The van der Waals surface area contributed by atoms with E-state index in [9.17, 15) is 0 Å². The summed E-state index contributed by atoms with van der Waals surface area (Å²) in [6, 6.07) is 3.78. The highest BCUT2D eigenvalue weighted by atomic mass is 35.5. The van der Waals surface area contributed by atoms with Gasteiger partial charge in [0.15, 0.2) is 0 Å². The third-order valence-corrected chi connectivity index (χ3v) is 1.68. The van der Waals surface area contributed by atoms with Gasteiger partial charge in [-0.15, -0.1) is 0 Å². The molecule has 0 saturated heterocycles. The van der Waals surface area contributed by atoms with Crippen LogP contribution in [-0.4, -0.2) is 11.0 Å². The summed E-state index contributed by atoms with van der Waals surface area (Å²) in [6.07, 6.45) is 5.41. The van der Waals surface area contributed by atoms with Crippen LogP contribution in [0.4, 0.5) is 0 Å². The van der Waals surface area contributed by atoms with Crippen molar-refractivity contribution in [3.8, 4) is 0 Å². The molecule has 3 heteroatoms. The molecule has 0 bridgehead atoms. The van der Waals surface area contributed by atoms with Crippen molar-refractivity contribution in [2.45, 2.75) is 13.0 Å². The highest BCUT2D eigenvalue weighted by Crippen LogP contribution is 2.12. The lowest BCUT2D eigenvalue weighted by Gasteiger charge is -1.97. The lowest BCUT2D eigenvalue weighted by molar-refractivity contribution is 0.930. The molecule has 1 aromatic rings. The first-order chi connectivity index (χ1) is 5.70. The first-order valence-electron chi connectivity index (χ1n) is 3.74. The topological polar surface area (TPSA) is 38.9 Å². The van der Waals surface area contributed by atoms with Crippen LogP contribution < -0.4 is 5.73 Å². The van der Waals surface area contributed by atoms with Crippen LogP contribution in [0, 0.1) is 0 Å². The highest BCUT2D eigenvalue weighted by Gasteiger charge is 1.94. The number of nitrogens with zero attached hydrogens (tertiary/aromatic N) is 1. The monoisotopic (exact) mass is 182 g/mol. The first-order valence-corrected chi connectivity index (χ1v) is 4.12. The fourth-order valence-corrected chi connectivity index (χ4v) is 0.961. The van der Waals surface area contributed by atoms with Gasteiger partial charge >= 0.3 is 0 Å². The molecule has 64 valence electrons. The van der Waals surface area contributed by atoms with Crippen LogP contribution in [-0.2, 0) is 0 Å². The molecule has 0 radical (unpaired) electrons. The largest absolute Gasteiger partial charge is 0.325 e. The maximum Gasteiger partial charge on any atom is 0.136 e. The number of hydrogen-bond acceptors (Lipinski definition) is 2. The van der Waals surface area contributed by atoms with Crippen LogP contribution in [0.15, 0.2) is 24.4 Å². The quantitative estimate of drug-likeness (QED) is 0.712. The zero-order valence-electron chi connectivity index (χ0n) is 6.87. The molecule has 0 amide bonds. The van der Waals surface area contributed by atoms with E-state index in [4.69, 9.17) is 17.3 Å². The van der Waals surface area contributed by atoms with Crippen LogP contribution in [0.3, 0.4) is 0 Å². The van der Waals surface area contributed by atoms with E-state index in [0.29, 0.717) is 5.15 Å². The molecule has 0 aliphatic heterocycles. The molecule has 0 spiro atoms. The van der Waals surface area contributed by atoms with E-state index in [2.05, 4.69) is 4.98 Å². The SMILES string of the molecule is CC(N)/C=C/c1cccnc1Cl. The minimum absolute atomic E-state index is 0.0428. The minimum atomic E-state index is 0.0428. The molecule has 0 saturated carbocycles. The summed E-state index contributed by atoms with van der Waals surface area (Å²) in [6.45, 7) is 1.90. The normalized spacial score (nSPS) is 13.6. The van der Waals surface area contributed by atoms with Gasteiger partial charge < -0.3 is 5.73 Å². The highest BCUT2D eigenvalue weighted by molar-refractivity contribution is 6.30. The second-order valence-electron chi connectivity index (χ2n) is 2.60. The summed E-state index contributed by atoms with van der Waals surface area (Å²) in [4.78, 5) is 3.93. The van der Waals surface area contributed by atoms with Gasteiger partial charge in [0.2, 0.25) is 0 Å². The molecule has 1 atom stereocenters. The molecule has 1 aromatic heterocycles. The molecule has 0 aliphatic rings. The van der Waals surface area contributed by atoms with Crippen molar-refractivity contribution in [3.63, 3.8) is 0 Å². The molecule has 0 fully saturated rings. The third kappa shape index (κ3) is 2.64. The van der Waals surface area contributed by atoms with Gasteiger partial charge in [0.05, 0.1) is 0 Å². The Morgan fingerprint density at radius 1 is 1.67 bits per heavy atom. The van der Waals surface area contributed by atoms with Crippen molar-refractivity contribution in [3.05, 3.63) is 35.1 Å². The van der Waals surface area contributed by atoms with Crippen molar-refractivity contribution in [2.24, 2.45) is 5.73 Å². The van der Waals surface area contributed by atoms with Gasteiger partial charge in [-0.05, 0) is 13.0 Å². The van der Waals surface area contributed by atoms with Crippen LogP contribution >= 0.6 is 11.6 Å². The van der Waals surface area contributed by atoms with Crippen molar-refractivity contribution in [1.29, 1.82) is 0 Å². The van der Waals surface area contributed by atoms with E-state index >= 15 is 0 Å². The average molecular weight is 183 g/mol. The van der Waals surface area contributed by atoms with E-state index in [0.717, 1.165) is 5.56 Å². The van der Waals surface area contributed by atoms with Gasteiger partial charge in [-0.25, -0.2) is 4.98 Å².